The molecule has 0 unspecified atom stereocenters. The van der Waals surface area contributed by atoms with Crippen LogP contribution in [0.4, 0.5) is 0 Å². The second-order valence-corrected chi connectivity index (χ2v) is 3.61. The number of aromatic nitrogens is 2. The molecule has 2 rings (SSSR count). The Labute approximate surface area is 83.7 Å². The zero-order chi connectivity index (χ0) is 9.80. The number of nitrogens with one attached hydrogen (secondary N) is 1. The zero-order valence-corrected chi connectivity index (χ0v) is 8.31. The molecule has 1 aliphatic carbocycles. The monoisotopic (exact) mass is 193 g/mol. The highest BCUT2D eigenvalue weighted by molar-refractivity contribution is 4.98. The fraction of sp³-hybridized carbons (Fsp3) is 0.600. The molecule has 0 spiro atoms. The standard InChI is InChI=1S/C10H15N3O/c1-14-10-4-9(5-10)12-6-8-2-3-11-7-13-8/h2-3,7,9-10,12H,4-6H2,1H3. The number of hydrogen-bond donors (Lipinski definition) is 1. The molecule has 0 amide bonds. The van der Waals surface area contributed by atoms with Gasteiger partial charge in [-0.2, -0.15) is 0 Å². The van der Waals surface area contributed by atoms with Gasteiger partial charge >= 0.3 is 0 Å². The van der Waals surface area contributed by atoms with Crippen LogP contribution in [0.3, 0.4) is 0 Å². The summed E-state index contributed by atoms with van der Waals surface area (Å²) in [6.07, 6.45) is 6.03. The Balaban J connectivity index is 1.69. The highest BCUT2D eigenvalue weighted by Gasteiger charge is 2.28. The maximum absolute atomic E-state index is 5.20. The number of ether oxygens (including phenoxy) is 1. The minimum Gasteiger partial charge on any atom is -0.381 e. The Kier molecular flexibility index (Phi) is 3.06. The van der Waals surface area contributed by atoms with E-state index < -0.39 is 0 Å². The molecule has 0 radical (unpaired) electrons. The molecule has 14 heavy (non-hydrogen) atoms. The number of hydrogen-bond acceptors (Lipinski definition) is 4. The van der Waals surface area contributed by atoms with Crippen molar-refractivity contribution in [2.24, 2.45) is 0 Å². The Morgan fingerprint density at radius 1 is 1.57 bits per heavy atom. The van der Waals surface area contributed by atoms with Crippen LogP contribution < -0.4 is 5.32 Å². The van der Waals surface area contributed by atoms with Crippen LogP contribution in [0.5, 0.6) is 0 Å². The van der Waals surface area contributed by atoms with E-state index in [1.807, 2.05) is 6.07 Å². The molecule has 76 valence electrons. The minimum atomic E-state index is 0.456. The van der Waals surface area contributed by atoms with E-state index >= 15 is 0 Å². The maximum Gasteiger partial charge on any atom is 0.115 e. The van der Waals surface area contributed by atoms with E-state index in [0.717, 1.165) is 25.1 Å². The van der Waals surface area contributed by atoms with Crippen LogP contribution in [-0.2, 0) is 11.3 Å². The molecule has 1 aromatic rings. The largest absolute Gasteiger partial charge is 0.381 e. The van der Waals surface area contributed by atoms with Crippen molar-refractivity contribution < 1.29 is 4.74 Å². The maximum atomic E-state index is 5.20. The van der Waals surface area contributed by atoms with Crippen LogP contribution in [0.2, 0.25) is 0 Å². The summed E-state index contributed by atoms with van der Waals surface area (Å²) in [6, 6.07) is 2.52. The van der Waals surface area contributed by atoms with Gasteiger partial charge in [0.1, 0.15) is 6.33 Å². The van der Waals surface area contributed by atoms with Crippen LogP contribution in [0.25, 0.3) is 0 Å². The van der Waals surface area contributed by atoms with E-state index in [9.17, 15) is 0 Å². The highest BCUT2D eigenvalue weighted by Crippen LogP contribution is 2.22. The Morgan fingerprint density at radius 3 is 3.07 bits per heavy atom. The molecule has 1 saturated carbocycles. The van der Waals surface area contributed by atoms with Crippen LogP contribution >= 0.6 is 0 Å². The lowest BCUT2D eigenvalue weighted by atomic mass is 9.89. The molecule has 0 aromatic carbocycles. The third-order valence-corrected chi connectivity index (χ3v) is 2.64. The van der Waals surface area contributed by atoms with Gasteiger partial charge in [0.05, 0.1) is 11.8 Å². The summed E-state index contributed by atoms with van der Waals surface area (Å²) < 4.78 is 5.20. The second kappa shape index (κ2) is 4.48. The van der Waals surface area contributed by atoms with Crippen LogP contribution in [0, 0.1) is 0 Å². The topological polar surface area (TPSA) is 47.0 Å². The van der Waals surface area contributed by atoms with Crippen molar-refractivity contribution in [3.8, 4) is 0 Å². The van der Waals surface area contributed by atoms with Gasteiger partial charge in [-0.15, -0.1) is 0 Å². The summed E-state index contributed by atoms with van der Waals surface area (Å²) in [7, 11) is 1.77. The van der Waals surface area contributed by atoms with E-state index in [1.165, 1.54) is 0 Å². The smallest absolute Gasteiger partial charge is 0.115 e. The van der Waals surface area contributed by atoms with E-state index in [1.54, 1.807) is 19.6 Å². The van der Waals surface area contributed by atoms with Crippen LogP contribution in [0.15, 0.2) is 18.6 Å². The van der Waals surface area contributed by atoms with Gasteiger partial charge in [0.25, 0.3) is 0 Å². The van der Waals surface area contributed by atoms with Crippen molar-refractivity contribution in [2.75, 3.05) is 7.11 Å². The molecule has 0 bridgehead atoms. The molecule has 1 N–H and O–H groups in total. The average Bonchev–Trinajstić information content (AvgIpc) is 2.17. The normalized spacial score (nSPS) is 25.8. The van der Waals surface area contributed by atoms with Gasteiger partial charge in [0.15, 0.2) is 0 Å². The molecular weight excluding hydrogens is 178 g/mol. The summed E-state index contributed by atoms with van der Waals surface area (Å²) in [5.41, 5.74) is 1.04. The summed E-state index contributed by atoms with van der Waals surface area (Å²) in [6.45, 7) is 0.823. The summed E-state index contributed by atoms with van der Waals surface area (Å²) >= 11 is 0. The third-order valence-electron chi connectivity index (χ3n) is 2.64. The lowest BCUT2D eigenvalue weighted by molar-refractivity contribution is 0.0169. The first kappa shape index (κ1) is 9.55. The van der Waals surface area contributed by atoms with Gasteiger partial charge in [-0.1, -0.05) is 0 Å². The number of methoxy groups -OCH3 is 1. The molecule has 4 nitrogen and oxygen atoms in total. The lowest BCUT2D eigenvalue weighted by Crippen LogP contribution is -2.44. The van der Waals surface area contributed by atoms with Crippen molar-refractivity contribution in [2.45, 2.75) is 31.5 Å². The molecule has 4 heteroatoms. The predicted octanol–water partition coefficient (Wildman–Crippen LogP) is 0.744. The van der Waals surface area contributed by atoms with Gasteiger partial charge in [-0.3, -0.25) is 0 Å². The molecule has 0 saturated heterocycles. The Hall–Kier alpha value is -1.00. The van der Waals surface area contributed by atoms with E-state index in [0.29, 0.717) is 12.1 Å². The van der Waals surface area contributed by atoms with E-state index in [4.69, 9.17) is 4.74 Å². The van der Waals surface area contributed by atoms with Crippen LogP contribution in [-0.4, -0.2) is 29.2 Å². The first-order valence-electron chi connectivity index (χ1n) is 4.89. The lowest BCUT2D eigenvalue weighted by Gasteiger charge is -2.34. The van der Waals surface area contributed by atoms with Crippen LogP contribution in [0.1, 0.15) is 18.5 Å². The summed E-state index contributed by atoms with van der Waals surface area (Å²) in [5.74, 6) is 0. The number of nitrogens with zero attached hydrogens (tertiary/aromatic N) is 2. The molecule has 1 aromatic heterocycles. The third kappa shape index (κ3) is 2.27. The minimum absolute atomic E-state index is 0.456. The van der Waals surface area contributed by atoms with Gasteiger partial charge in [0, 0.05) is 25.9 Å². The molecule has 1 heterocycles. The molecule has 0 atom stereocenters. The fourth-order valence-corrected chi connectivity index (χ4v) is 1.60. The molecule has 1 fully saturated rings. The Morgan fingerprint density at radius 2 is 2.43 bits per heavy atom. The van der Waals surface area contributed by atoms with E-state index in [2.05, 4.69) is 15.3 Å². The first-order valence-corrected chi connectivity index (χ1v) is 4.89. The van der Waals surface area contributed by atoms with Crippen molar-refractivity contribution in [3.63, 3.8) is 0 Å². The molecule has 1 aliphatic rings. The SMILES string of the molecule is COC1CC(NCc2ccncn2)C1. The number of rotatable bonds is 4. The van der Waals surface area contributed by atoms with Gasteiger partial charge in [-0.05, 0) is 18.9 Å². The average molecular weight is 193 g/mol. The first-order chi connectivity index (χ1) is 6.88. The van der Waals surface area contributed by atoms with Crippen molar-refractivity contribution in [3.05, 3.63) is 24.3 Å². The predicted molar refractivity (Wildman–Crippen MR) is 52.7 cm³/mol. The quantitative estimate of drug-likeness (QED) is 0.766. The summed E-state index contributed by atoms with van der Waals surface area (Å²) in [4.78, 5) is 8.02. The summed E-state index contributed by atoms with van der Waals surface area (Å²) in [5, 5.41) is 3.43. The van der Waals surface area contributed by atoms with Crippen molar-refractivity contribution >= 4 is 0 Å². The fourth-order valence-electron chi connectivity index (χ4n) is 1.60. The molecule has 0 aliphatic heterocycles. The highest BCUT2D eigenvalue weighted by atomic mass is 16.5. The van der Waals surface area contributed by atoms with Crippen molar-refractivity contribution in [1.82, 2.24) is 15.3 Å². The Bertz CT molecular complexity index is 272. The zero-order valence-electron chi connectivity index (χ0n) is 8.31. The van der Waals surface area contributed by atoms with Crippen molar-refractivity contribution in [1.29, 1.82) is 0 Å². The van der Waals surface area contributed by atoms with E-state index in [-0.39, 0.29) is 0 Å². The van der Waals surface area contributed by atoms with Gasteiger partial charge in [0.2, 0.25) is 0 Å². The van der Waals surface area contributed by atoms with Gasteiger partial charge in [-0.25, -0.2) is 9.97 Å². The van der Waals surface area contributed by atoms with Gasteiger partial charge < -0.3 is 10.1 Å². The molecular formula is C10H15N3O. The second-order valence-electron chi connectivity index (χ2n) is 3.61.